The minimum absolute atomic E-state index is 0.106. The predicted molar refractivity (Wildman–Crippen MR) is 79.4 cm³/mol. The summed E-state index contributed by atoms with van der Waals surface area (Å²) < 4.78 is 22.9. The normalized spacial score (nSPS) is 14.2. The van der Waals surface area contributed by atoms with Gasteiger partial charge in [-0.15, -0.1) is 0 Å². The third-order valence-corrected chi connectivity index (χ3v) is 4.04. The summed E-state index contributed by atoms with van der Waals surface area (Å²) in [6.45, 7) is 0.588. The zero-order valence-electron chi connectivity index (χ0n) is 10.6. The van der Waals surface area contributed by atoms with E-state index in [4.69, 9.17) is 5.14 Å². The standard InChI is InChI=1S/C14H13N3O2S/c15-20(18,19)12-5-3-4-11(10-12)17-9-8-16-13-6-1-2-7-14(13)17/h1-8,10H,9H2,(H2,15,18,19). The SMILES string of the molecule is NS(=O)(=O)c1cccc(N2CC=Nc3ccccc32)c1. The van der Waals surface area contributed by atoms with Crippen molar-refractivity contribution in [1.29, 1.82) is 0 Å². The Bertz CT molecular complexity index is 785. The van der Waals surface area contributed by atoms with E-state index in [1.54, 1.807) is 18.3 Å². The second-order valence-electron chi connectivity index (χ2n) is 4.45. The molecule has 0 fully saturated rings. The summed E-state index contributed by atoms with van der Waals surface area (Å²) in [4.78, 5) is 6.43. The van der Waals surface area contributed by atoms with E-state index in [0.29, 0.717) is 6.54 Å². The van der Waals surface area contributed by atoms with Gasteiger partial charge in [-0.1, -0.05) is 18.2 Å². The van der Waals surface area contributed by atoms with E-state index in [1.165, 1.54) is 6.07 Å². The molecule has 20 heavy (non-hydrogen) atoms. The van der Waals surface area contributed by atoms with Crippen LogP contribution >= 0.6 is 0 Å². The van der Waals surface area contributed by atoms with Crippen LogP contribution in [0.2, 0.25) is 0 Å². The van der Waals surface area contributed by atoms with Crippen molar-refractivity contribution in [1.82, 2.24) is 0 Å². The van der Waals surface area contributed by atoms with Crippen LogP contribution in [-0.4, -0.2) is 21.2 Å². The number of sulfonamides is 1. The Morgan fingerprint density at radius 3 is 2.70 bits per heavy atom. The molecule has 2 aromatic carbocycles. The molecule has 1 heterocycles. The van der Waals surface area contributed by atoms with Gasteiger partial charge in [0.1, 0.15) is 0 Å². The Morgan fingerprint density at radius 2 is 1.90 bits per heavy atom. The molecule has 0 unspecified atom stereocenters. The molecule has 0 atom stereocenters. The van der Waals surface area contributed by atoms with Gasteiger partial charge in [-0.05, 0) is 30.3 Å². The van der Waals surface area contributed by atoms with Crippen LogP contribution in [0.3, 0.4) is 0 Å². The summed E-state index contributed by atoms with van der Waals surface area (Å²) in [5.41, 5.74) is 2.58. The lowest BCUT2D eigenvalue weighted by Gasteiger charge is -2.27. The number of para-hydroxylation sites is 2. The summed E-state index contributed by atoms with van der Waals surface area (Å²) in [5, 5.41) is 5.18. The van der Waals surface area contributed by atoms with Gasteiger partial charge >= 0.3 is 0 Å². The topological polar surface area (TPSA) is 75.8 Å². The first-order valence-electron chi connectivity index (χ1n) is 6.08. The number of benzene rings is 2. The third-order valence-electron chi connectivity index (χ3n) is 3.12. The van der Waals surface area contributed by atoms with Crippen molar-refractivity contribution in [3.63, 3.8) is 0 Å². The monoisotopic (exact) mass is 287 g/mol. The Morgan fingerprint density at radius 1 is 1.10 bits per heavy atom. The molecule has 102 valence electrons. The third kappa shape index (κ3) is 2.31. The van der Waals surface area contributed by atoms with Crippen LogP contribution < -0.4 is 10.0 Å². The first kappa shape index (κ1) is 12.8. The molecule has 2 aromatic rings. The predicted octanol–water partition coefficient (Wildman–Crippen LogP) is 2.19. The van der Waals surface area contributed by atoms with Crippen LogP contribution in [0.25, 0.3) is 0 Å². The van der Waals surface area contributed by atoms with Crippen molar-refractivity contribution in [2.75, 3.05) is 11.4 Å². The smallest absolute Gasteiger partial charge is 0.238 e. The second kappa shape index (κ2) is 4.73. The van der Waals surface area contributed by atoms with E-state index in [0.717, 1.165) is 17.1 Å². The van der Waals surface area contributed by atoms with E-state index in [2.05, 4.69) is 4.99 Å². The van der Waals surface area contributed by atoms with E-state index >= 15 is 0 Å². The van der Waals surface area contributed by atoms with Crippen molar-refractivity contribution in [2.24, 2.45) is 10.1 Å². The average Bonchev–Trinajstić information content (AvgIpc) is 2.46. The highest BCUT2D eigenvalue weighted by atomic mass is 32.2. The molecule has 1 aliphatic rings. The Labute approximate surface area is 117 Å². The van der Waals surface area contributed by atoms with Gasteiger partial charge in [-0.25, -0.2) is 13.6 Å². The molecule has 0 amide bonds. The molecule has 2 N–H and O–H groups in total. The molecule has 0 radical (unpaired) electrons. The van der Waals surface area contributed by atoms with Gasteiger partial charge in [0.2, 0.25) is 10.0 Å². The number of fused-ring (bicyclic) bond motifs is 1. The molecule has 0 aromatic heterocycles. The van der Waals surface area contributed by atoms with Crippen LogP contribution in [0.4, 0.5) is 17.1 Å². The number of nitrogens with two attached hydrogens (primary N) is 1. The lowest BCUT2D eigenvalue weighted by atomic mass is 10.2. The molecule has 0 spiro atoms. The highest BCUT2D eigenvalue weighted by Gasteiger charge is 2.17. The first-order valence-corrected chi connectivity index (χ1v) is 7.62. The minimum Gasteiger partial charge on any atom is -0.334 e. The molecule has 0 bridgehead atoms. The molecule has 1 aliphatic heterocycles. The Kier molecular flexibility index (Phi) is 3.04. The molecular weight excluding hydrogens is 274 g/mol. The van der Waals surface area contributed by atoms with Gasteiger partial charge < -0.3 is 4.90 Å². The van der Waals surface area contributed by atoms with Gasteiger partial charge in [-0.3, -0.25) is 4.99 Å². The molecule has 6 heteroatoms. The molecule has 0 aliphatic carbocycles. The summed E-state index contributed by atoms with van der Waals surface area (Å²) in [6.07, 6.45) is 1.80. The van der Waals surface area contributed by atoms with Gasteiger partial charge in [-0.2, -0.15) is 0 Å². The van der Waals surface area contributed by atoms with E-state index in [1.807, 2.05) is 35.2 Å². The largest absolute Gasteiger partial charge is 0.334 e. The fraction of sp³-hybridized carbons (Fsp3) is 0.0714. The highest BCUT2D eigenvalue weighted by molar-refractivity contribution is 7.89. The average molecular weight is 287 g/mol. The Hall–Kier alpha value is -2.18. The summed E-state index contributed by atoms with van der Waals surface area (Å²) >= 11 is 0. The number of hydrogen-bond donors (Lipinski definition) is 1. The van der Waals surface area contributed by atoms with Crippen molar-refractivity contribution in [2.45, 2.75) is 4.90 Å². The lowest BCUT2D eigenvalue weighted by molar-refractivity contribution is 0.598. The number of rotatable bonds is 2. The van der Waals surface area contributed by atoms with Crippen molar-refractivity contribution in [3.05, 3.63) is 48.5 Å². The van der Waals surface area contributed by atoms with Crippen LogP contribution in [0.5, 0.6) is 0 Å². The molecule has 0 saturated carbocycles. The van der Waals surface area contributed by atoms with Crippen molar-refractivity contribution >= 4 is 33.3 Å². The highest BCUT2D eigenvalue weighted by Crippen LogP contribution is 2.35. The van der Waals surface area contributed by atoms with Gasteiger partial charge in [0.15, 0.2) is 0 Å². The maximum absolute atomic E-state index is 11.4. The lowest BCUT2D eigenvalue weighted by Crippen LogP contribution is -2.22. The summed E-state index contributed by atoms with van der Waals surface area (Å²) in [5.74, 6) is 0. The maximum atomic E-state index is 11.4. The van der Waals surface area contributed by atoms with Gasteiger partial charge in [0, 0.05) is 11.9 Å². The van der Waals surface area contributed by atoms with Crippen molar-refractivity contribution < 1.29 is 8.42 Å². The number of aliphatic imine (C=N–C) groups is 1. The molecule has 5 nitrogen and oxygen atoms in total. The number of primary sulfonamides is 1. The fourth-order valence-electron chi connectivity index (χ4n) is 2.19. The van der Waals surface area contributed by atoms with E-state index < -0.39 is 10.0 Å². The fourth-order valence-corrected chi connectivity index (χ4v) is 2.75. The van der Waals surface area contributed by atoms with Crippen LogP contribution in [0.15, 0.2) is 58.4 Å². The zero-order valence-corrected chi connectivity index (χ0v) is 11.4. The first-order chi connectivity index (χ1) is 9.55. The molecular formula is C14H13N3O2S. The van der Waals surface area contributed by atoms with Gasteiger partial charge in [0.25, 0.3) is 0 Å². The second-order valence-corrected chi connectivity index (χ2v) is 6.01. The van der Waals surface area contributed by atoms with Gasteiger partial charge in [0.05, 0.1) is 22.8 Å². The zero-order chi connectivity index (χ0) is 14.2. The number of hydrogen-bond acceptors (Lipinski definition) is 4. The summed E-state index contributed by atoms with van der Waals surface area (Å²) in [6, 6.07) is 14.3. The molecule has 3 rings (SSSR count). The number of nitrogens with zero attached hydrogens (tertiary/aromatic N) is 2. The molecule has 0 saturated heterocycles. The van der Waals surface area contributed by atoms with E-state index in [9.17, 15) is 8.42 Å². The number of anilines is 2. The summed E-state index contributed by atoms with van der Waals surface area (Å²) in [7, 11) is -3.70. The van der Waals surface area contributed by atoms with Crippen LogP contribution in [0, 0.1) is 0 Å². The minimum atomic E-state index is -3.70. The van der Waals surface area contributed by atoms with Crippen LogP contribution in [-0.2, 0) is 10.0 Å². The quantitative estimate of drug-likeness (QED) is 0.919. The van der Waals surface area contributed by atoms with Crippen molar-refractivity contribution in [3.8, 4) is 0 Å². The Balaban J connectivity index is 2.09. The van der Waals surface area contributed by atoms with E-state index in [-0.39, 0.29) is 4.90 Å². The maximum Gasteiger partial charge on any atom is 0.238 e. The van der Waals surface area contributed by atoms with Crippen LogP contribution in [0.1, 0.15) is 0 Å².